The van der Waals surface area contributed by atoms with E-state index >= 15 is 0 Å². The zero-order valence-corrected chi connectivity index (χ0v) is 15.4. The molecule has 0 atom stereocenters. The Balaban J connectivity index is 1.98. The Morgan fingerprint density at radius 3 is 2.62 bits per heavy atom. The van der Waals surface area contributed by atoms with Gasteiger partial charge in [0, 0.05) is 17.2 Å². The lowest BCUT2D eigenvalue weighted by Crippen LogP contribution is -2.28. The predicted octanol–water partition coefficient (Wildman–Crippen LogP) is 4.74. The number of fused-ring (bicyclic) bond motifs is 3. The van der Waals surface area contributed by atoms with Gasteiger partial charge in [0.25, 0.3) is 0 Å². The van der Waals surface area contributed by atoms with Gasteiger partial charge in [-0.3, -0.25) is 4.79 Å². The van der Waals surface area contributed by atoms with Crippen LogP contribution in [0.5, 0.6) is 5.75 Å². The fourth-order valence-corrected chi connectivity index (χ4v) is 3.26. The van der Waals surface area contributed by atoms with Gasteiger partial charge >= 0.3 is 12.1 Å². The van der Waals surface area contributed by atoms with E-state index in [1.807, 2.05) is 0 Å². The summed E-state index contributed by atoms with van der Waals surface area (Å²) in [5.74, 6) is -2.02. The Bertz CT molecular complexity index is 1240. The van der Waals surface area contributed by atoms with Crippen LogP contribution in [-0.2, 0) is 16.1 Å². The summed E-state index contributed by atoms with van der Waals surface area (Å²) in [6.07, 6.45) is -1.79. The van der Waals surface area contributed by atoms with Crippen LogP contribution in [0.4, 0.5) is 13.2 Å². The number of esters is 1. The highest BCUT2D eigenvalue weighted by atomic mass is 19.4. The summed E-state index contributed by atoms with van der Waals surface area (Å²) in [6, 6.07) is 8.05. The molecule has 0 amide bonds. The molecule has 0 unspecified atom stereocenters. The third-order valence-electron chi connectivity index (χ3n) is 4.58. The predicted molar refractivity (Wildman–Crippen MR) is 99.6 cm³/mol. The fourth-order valence-electron chi connectivity index (χ4n) is 3.26. The van der Waals surface area contributed by atoms with Crippen LogP contribution in [0.15, 0.2) is 45.6 Å². The van der Waals surface area contributed by atoms with Crippen LogP contribution in [0.1, 0.15) is 25.0 Å². The van der Waals surface area contributed by atoms with Crippen LogP contribution >= 0.6 is 0 Å². The van der Waals surface area contributed by atoms with E-state index in [4.69, 9.17) is 9.15 Å². The van der Waals surface area contributed by atoms with Gasteiger partial charge in [-0.1, -0.05) is 18.2 Å². The molecule has 0 radical (unpaired) electrons. The van der Waals surface area contributed by atoms with Crippen molar-refractivity contribution in [1.82, 2.24) is 0 Å². The zero-order chi connectivity index (χ0) is 21.0. The van der Waals surface area contributed by atoms with Crippen LogP contribution in [-0.4, -0.2) is 17.7 Å². The zero-order valence-electron chi connectivity index (χ0n) is 15.4. The molecule has 4 rings (SSSR count). The molecule has 0 fully saturated rings. The molecule has 29 heavy (non-hydrogen) atoms. The number of alkyl halides is 3. The van der Waals surface area contributed by atoms with Crippen LogP contribution in [0.3, 0.4) is 0 Å². The molecular weight excluding hydrogens is 389 g/mol. The molecule has 0 bridgehead atoms. The summed E-state index contributed by atoms with van der Waals surface area (Å²) in [6.45, 7) is 2.85. The van der Waals surface area contributed by atoms with E-state index in [9.17, 15) is 22.8 Å². The van der Waals surface area contributed by atoms with Gasteiger partial charge < -0.3 is 13.9 Å². The Morgan fingerprint density at radius 2 is 1.90 bits per heavy atom. The molecule has 0 spiro atoms. The summed E-state index contributed by atoms with van der Waals surface area (Å²) in [4.78, 5) is 24.3. The first-order valence-electron chi connectivity index (χ1n) is 8.70. The fraction of sp³-hybridized carbons (Fsp3) is 0.238. The van der Waals surface area contributed by atoms with Gasteiger partial charge in [-0.25, -0.2) is 4.79 Å². The lowest BCUT2D eigenvalue weighted by molar-refractivity contribution is -0.201. The van der Waals surface area contributed by atoms with E-state index < -0.39 is 29.8 Å². The van der Waals surface area contributed by atoms with Crippen LogP contribution in [0.25, 0.3) is 28.0 Å². The average molecular weight is 404 g/mol. The number of rotatable bonds is 2. The van der Waals surface area contributed by atoms with Gasteiger partial charge in [0.15, 0.2) is 0 Å². The molecule has 0 saturated carbocycles. The summed E-state index contributed by atoms with van der Waals surface area (Å²) < 4.78 is 53.9. The molecule has 1 aromatic heterocycles. The molecule has 2 aromatic carbocycles. The van der Waals surface area contributed by atoms with Gasteiger partial charge in [-0.15, -0.1) is 0 Å². The van der Waals surface area contributed by atoms with Crippen molar-refractivity contribution in [1.29, 1.82) is 0 Å². The van der Waals surface area contributed by atoms with Gasteiger partial charge in [0.1, 0.15) is 29.1 Å². The van der Waals surface area contributed by atoms with Crippen molar-refractivity contribution in [3.05, 3.63) is 57.8 Å². The second-order valence-electron chi connectivity index (χ2n) is 7.18. The molecule has 3 aromatic rings. The van der Waals surface area contributed by atoms with Crippen molar-refractivity contribution in [2.24, 2.45) is 0 Å². The van der Waals surface area contributed by atoms with Gasteiger partial charge in [-0.05, 0) is 32.1 Å². The van der Waals surface area contributed by atoms with Gasteiger partial charge in [0.05, 0.1) is 10.8 Å². The number of benzene rings is 2. The highest BCUT2D eigenvalue weighted by molar-refractivity contribution is 5.95. The third-order valence-corrected chi connectivity index (χ3v) is 4.58. The smallest absolute Gasteiger partial charge is 0.483 e. The maximum atomic E-state index is 13.1. The normalized spacial score (nSPS) is 15.2. The molecule has 2 heterocycles. The van der Waals surface area contributed by atoms with Gasteiger partial charge in [-0.2, -0.15) is 13.2 Å². The SMILES string of the molecule is CC1(C)C=Cc2c(cc3oc4ccccc4c(=O)c3c2COC(=O)C(F)(F)F)O1. The van der Waals surface area contributed by atoms with E-state index in [1.54, 1.807) is 50.3 Å². The lowest BCUT2D eigenvalue weighted by atomic mass is 9.95. The Morgan fingerprint density at radius 1 is 1.17 bits per heavy atom. The lowest BCUT2D eigenvalue weighted by Gasteiger charge is -2.29. The highest BCUT2D eigenvalue weighted by Crippen LogP contribution is 2.38. The standard InChI is InChI=1S/C21H15F3O5/c1-20(2)8-7-11-13(10-27-19(26)21(22,23)24)17-16(9-15(11)29-20)28-14-6-4-3-5-12(14)18(17)25/h3-9H,10H2,1-2H3. The van der Waals surface area contributed by atoms with Crippen LogP contribution < -0.4 is 10.2 Å². The third kappa shape index (κ3) is 3.35. The van der Waals surface area contributed by atoms with E-state index in [0.29, 0.717) is 16.9 Å². The quantitative estimate of drug-likeness (QED) is 0.456. The second kappa shape index (κ2) is 6.37. The van der Waals surface area contributed by atoms with E-state index in [-0.39, 0.29) is 21.9 Å². The molecule has 0 saturated heterocycles. The van der Waals surface area contributed by atoms with E-state index in [2.05, 4.69) is 4.74 Å². The summed E-state index contributed by atoms with van der Waals surface area (Å²) in [5, 5.41) is 0.315. The number of carbonyl (C=O) groups is 1. The topological polar surface area (TPSA) is 65.7 Å². The summed E-state index contributed by atoms with van der Waals surface area (Å²) in [7, 11) is 0. The summed E-state index contributed by atoms with van der Waals surface area (Å²) in [5.41, 5.74) is -0.167. The molecule has 5 nitrogen and oxygen atoms in total. The molecule has 8 heteroatoms. The highest BCUT2D eigenvalue weighted by Gasteiger charge is 2.41. The Labute approximate surface area is 162 Å². The maximum Gasteiger partial charge on any atom is 0.490 e. The van der Waals surface area contributed by atoms with Crippen molar-refractivity contribution in [2.75, 3.05) is 0 Å². The number of carbonyl (C=O) groups excluding carboxylic acids is 1. The van der Waals surface area contributed by atoms with Crippen LogP contribution in [0, 0.1) is 0 Å². The minimum Gasteiger partial charge on any atom is -0.483 e. The molecule has 1 aliphatic heterocycles. The minimum absolute atomic E-state index is 0.0466. The first kappa shape index (κ1) is 19.0. The van der Waals surface area contributed by atoms with Crippen molar-refractivity contribution < 1.29 is 31.9 Å². The average Bonchev–Trinajstić information content (AvgIpc) is 2.63. The first-order chi connectivity index (χ1) is 13.6. The Kier molecular flexibility index (Phi) is 4.18. The number of para-hydroxylation sites is 1. The molecular formula is C21H15F3O5. The molecule has 150 valence electrons. The monoisotopic (exact) mass is 404 g/mol. The van der Waals surface area contributed by atoms with Crippen LogP contribution in [0.2, 0.25) is 0 Å². The first-order valence-corrected chi connectivity index (χ1v) is 8.70. The van der Waals surface area contributed by atoms with E-state index in [1.165, 1.54) is 6.07 Å². The van der Waals surface area contributed by atoms with Crippen molar-refractivity contribution in [2.45, 2.75) is 32.2 Å². The molecule has 0 aliphatic carbocycles. The Hall–Kier alpha value is -3.29. The van der Waals surface area contributed by atoms with E-state index in [0.717, 1.165) is 0 Å². The van der Waals surface area contributed by atoms with Crippen molar-refractivity contribution in [3.8, 4) is 5.75 Å². The minimum atomic E-state index is -5.14. The maximum absolute atomic E-state index is 13.1. The largest absolute Gasteiger partial charge is 0.490 e. The summed E-state index contributed by atoms with van der Waals surface area (Å²) >= 11 is 0. The number of halogens is 3. The van der Waals surface area contributed by atoms with Crippen molar-refractivity contribution in [3.63, 3.8) is 0 Å². The van der Waals surface area contributed by atoms with Crippen molar-refractivity contribution >= 4 is 34.0 Å². The number of hydrogen-bond acceptors (Lipinski definition) is 5. The number of ether oxygens (including phenoxy) is 2. The number of hydrogen-bond donors (Lipinski definition) is 0. The van der Waals surface area contributed by atoms with Gasteiger partial charge in [0.2, 0.25) is 5.43 Å². The molecule has 1 aliphatic rings. The molecule has 0 N–H and O–H groups in total. The second-order valence-corrected chi connectivity index (χ2v) is 7.18.